The van der Waals surface area contributed by atoms with Crippen LogP contribution >= 0.6 is 0 Å². The maximum absolute atomic E-state index is 10.4. The number of furan rings is 2. The lowest BCUT2D eigenvalue weighted by Gasteiger charge is -2.23. The van der Waals surface area contributed by atoms with E-state index in [2.05, 4.69) is 6.07 Å². The molecule has 1 N–H and O–H groups in total. The Kier molecular flexibility index (Phi) is 6.69. The number of nitrogens with zero attached hydrogens (tertiary/aromatic N) is 2. The van der Waals surface area contributed by atoms with Gasteiger partial charge in [-0.1, -0.05) is 12.1 Å². The predicted octanol–water partition coefficient (Wildman–Crippen LogP) is 3.38. The maximum atomic E-state index is 10.4. The predicted molar refractivity (Wildman–Crippen MR) is 98.8 cm³/mol. The Bertz CT molecular complexity index is 784. The molecule has 1 atom stereocenters. The minimum Gasteiger partial charge on any atom is -0.491 e. The number of rotatable bonds is 10. The molecule has 0 saturated carbocycles. The van der Waals surface area contributed by atoms with E-state index in [-0.39, 0.29) is 6.61 Å². The molecule has 0 unspecified atom stereocenters. The van der Waals surface area contributed by atoms with E-state index in [0.717, 1.165) is 17.1 Å². The number of ether oxygens (including phenoxy) is 1. The summed E-state index contributed by atoms with van der Waals surface area (Å²) < 4.78 is 16.5. The average molecular weight is 366 g/mol. The largest absolute Gasteiger partial charge is 0.491 e. The molecular formula is C21H22N2O4. The highest BCUT2D eigenvalue weighted by Gasteiger charge is 2.16. The van der Waals surface area contributed by atoms with Crippen molar-refractivity contribution in [1.29, 1.82) is 5.26 Å². The minimum absolute atomic E-state index is 0.171. The van der Waals surface area contributed by atoms with Crippen LogP contribution in [-0.2, 0) is 19.5 Å². The Hall–Kier alpha value is -3.01. The Morgan fingerprint density at radius 3 is 2.15 bits per heavy atom. The van der Waals surface area contributed by atoms with Gasteiger partial charge in [-0.25, -0.2) is 0 Å². The molecule has 1 aromatic carbocycles. The van der Waals surface area contributed by atoms with Gasteiger partial charge in [-0.3, -0.25) is 4.90 Å². The normalized spacial score (nSPS) is 12.0. The Balaban J connectivity index is 1.53. The molecule has 2 heterocycles. The van der Waals surface area contributed by atoms with Gasteiger partial charge in [0.2, 0.25) is 0 Å². The van der Waals surface area contributed by atoms with Crippen molar-refractivity contribution in [2.75, 3.05) is 13.2 Å². The van der Waals surface area contributed by atoms with Gasteiger partial charge >= 0.3 is 0 Å². The van der Waals surface area contributed by atoms with Crippen molar-refractivity contribution in [3.05, 3.63) is 78.1 Å². The molecular weight excluding hydrogens is 344 g/mol. The van der Waals surface area contributed by atoms with Crippen LogP contribution in [0.2, 0.25) is 0 Å². The number of nitriles is 1. The molecule has 3 aromatic rings. The first-order valence-corrected chi connectivity index (χ1v) is 8.77. The zero-order chi connectivity index (χ0) is 18.9. The molecule has 6 nitrogen and oxygen atoms in total. The number of hydrogen-bond donors (Lipinski definition) is 1. The van der Waals surface area contributed by atoms with Crippen molar-refractivity contribution in [3.63, 3.8) is 0 Å². The third-order valence-corrected chi connectivity index (χ3v) is 4.04. The highest BCUT2D eigenvalue weighted by molar-refractivity contribution is 5.28. The molecule has 0 bridgehead atoms. The second-order valence-corrected chi connectivity index (χ2v) is 6.27. The van der Waals surface area contributed by atoms with Gasteiger partial charge in [0.05, 0.1) is 38.1 Å². The van der Waals surface area contributed by atoms with Crippen molar-refractivity contribution in [2.45, 2.75) is 25.6 Å². The van der Waals surface area contributed by atoms with E-state index in [1.807, 2.05) is 53.4 Å². The SMILES string of the molecule is N#CCc1ccc(OC[C@H](O)CN(Cc2ccco2)Cc2ccco2)cc1. The Morgan fingerprint density at radius 1 is 1.00 bits per heavy atom. The van der Waals surface area contributed by atoms with Crippen molar-refractivity contribution >= 4 is 0 Å². The molecule has 3 rings (SSSR count). The standard InChI is InChI=1S/C21H22N2O4/c22-10-9-17-5-7-19(8-6-17)27-16-18(24)13-23(14-20-3-1-11-25-20)15-21-4-2-12-26-21/h1-8,11-12,18,24H,9,13-16H2/t18-/m1/s1. The minimum atomic E-state index is -0.672. The molecule has 0 saturated heterocycles. The van der Waals surface area contributed by atoms with Gasteiger partial charge in [0.25, 0.3) is 0 Å². The van der Waals surface area contributed by atoms with Crippen molar-refractivity contribution < 1.29 is 18.7 Å². The molecule has 0 spiro atoms. The fraction of sp³-hybridized carbons (Fsp3) is 0.286. The first kappa shape index (κ1) is 18.8. The van der Waals surface area contributed by atoms with Crippen molar-refractivity contribution in [1.82, 2.24) is 4.90 Å². The van der Waals surface area contributed by atoms with Gasteiger partial charge in [0, 0.05) is 6.54 Å². The fourth-order valence-corrected chi connectivity index (χ4v) is 2.77. The summed E-state index contributed by atoms with van der Waals surface area (Å²) >= 11 is 0. The Morgan fingerprint density at radius 2 is 1.63 bits per heavy atom. The zero-order valence-electron chi connectivity index (χ0n) is 15.0. The summed E-state index contributed by atoms with van der Waals surface area (Å²) in [6.07, 6.45) is 2.97. The monoisotopic (exact) mass is 366 g/mol. The van der Waals surface area contributed by atoms with Gasteiger partial charge in [0.1, 0.15) is 30.0 Å². The van der Waals surface area contributed by atoms with Crippen LogP contribution < -0.4 is 4.74 Å². The smallest absolute Gasteiger partial charge is 0.119 e. The van der Waals surface area contributed by atoms with Crippen molar-refractivity contribution in [2.24, 2.45) is 0 Å². The van der Waals surface area contributed by atoms with Crippen molar-refractivity contribution in [3.8, 4) is 11.8 Å². The molecule has 6 heteroatoms. The van der Waals surface area contributed by atoms with Gasteiger partial charge < -0.3 is 18.7 Å². The summed E-state index contributed by atoms with van der Waals surface area (Å²) in [6, 6.07) is 16.9. The van der Waals surface area contributed by atoms with E-state index in [4.69, 9.17) is 18.8 Å². The quantitative estimate of drug-likeness (QED) is 0.592. The second kappa shape index (κ2) is 9.62. The molecule has 2 aromatic heterocycles. The average Bonchev–Trinajstić information content (AvgIpc) is 3.36. The van der Waals surface area contributed by atoms with Gasteiger partial charge in [-0.05, 0) is 42.0 Å². The number of benzene rings is 1. The van der Waals surface area contributed by atoms with E-state index in [1.165, 1.54) is 0 Å². The van der Waals surface area contributed by atoms with Crippen LogP contribution in [0.5, 0.6) is 5.75 Å². The highest BCUT2D eigenvalue weighted by Crippen LogP contribution is 2.14. The third kappa shape index (κ3) is 6.03. The maximum Gasteiger partial charge on any atom is 0.119 e. The van der Waals surface area contributed by atoms with Crippen LogP contribution in [0, 0.1) is 11.3 Å². The fourth-order valence-electron chi connectivity index (χ4n) is 2.77. The molecule has 0 radical (unpaired) electrons. The first-order chi connectivity index (χ1) is 13.2. The molecule has 140 valence electrons. The lowest BCUT2D eigenvalue weighted by Crippen LogP contribution is -2.34. The molecule has 0 aliphatic carbocycles. The highest BCUT2D eigenvalue weighted by atomic mass is 16.5. The number of aliphatic hydroxyl groups excluding tert-OH is 1. The molecule has 0 aliphatic heterocycles. The molecule has 27 heavy (non-hydrogen) atoms. The van der Waals surface area contributed by atoms with Crippen LogP contribution in [0.3, 0.4) is 0 Å². The third-order valence-electron chi connectivity index (χ3n) is 4.04. The summed E-state index contributed by atoms with van der Waals surface area (Å²) in [6.45, 7) is 1.71. The Labute approximate surface area is 158 Å². The summed E-state index contributed by atoms with van der Waals surface area (Å²) in [5.41, 5.74) is 0.938. The topological polar surface area (TPSA) is 82.8 Å². The summed E-state index contributed by atoms with van der Waals surface area (Å²) in [4.78, 5) is 2.04. The van der Waals surface area contributed by atoms with E-state index >= 15 is 0 Å². The molecule has 0 amide bonds. The summed E-state index contributed by atoms with van der Waals surface area (Å²) in [5.74, 6) is 2.31. The summed E-state index contributed by atoms with van der Waals surface area (Å²) in [7, 11) is 0. The van der Waals surface area contributed by atoms with E-state index in [1.54, 1.807) is 12.5 Å². The van der Waals surface area contributed by atoms with Crippen LogP contribution in [0.25, 0.3) is 0 Å². The van der Waals surface area contributed by atoms with Gasteiger partial charge in [-0.2, -0.15) is 5.26 Å². The zero-order valence-corrected chi connectivity index (χ0v) is 15.0. The molecule has 0 aliphatic rings. The second-order valence-electron chi connectivity index (χ2n) is 6.27. The van der Waals surface area contributed by atoms with E-state index < -0.39 is 6.10 Å². The van der Waals surface area contributed by atoms with Gasteiger partial charge in [-0.15, -0.1) is 0 Å². The van der Waals surface area contributed by atoms with Crippen LogP contribution in [0.15, 0.2) is 69.9 Å². The van der Waals surface area contributed by atoms with Crippen LogP contribution in [0.1, 0.15) is 17.1 Å². The van der Waals surface area contributed by atoms with E-state index in [0.29, 0.717) is 31.8 Å². The molecule has 0 fully saturated rings. The summed E-state index contributed by atoms with van der Waals surface area (Å²) in [5, 5.41) is 19.1. The van der Waals surface area contributed by atoms with E-state index in [9.17, 15) is 5.11 Å². The van der Waals surface area contributed by atoms with Gasteiger partial charge in [0.15, 0.2) is 0 Å². The lowest BCUT2D eigenvalue weighted by molar-refractivity contribution is 0.0580. The van der Waals surface area contributed by atoms with Crippen LogP contribution in [-0.4, -0.2) is 29.3 Å². The van der Waals surface area contributed by atoms with Crippen LogP contribution in [0.4, 0.5) is 0 Å². The number of aliphatic hydroxyl groups is 1. The lowest BCUT2D eigenvalue weighted by atomic mass is 10.2. The first-order valence-electron chi connectivity index (χ1n) is 8.77. The number of hydrogen-bond acceptors (Lipinski definition) is 6.